The highest BCUT2D eigenvalue weighted by Gasteiger charge is 2.49. The van der Waals surface area contributed by atoms with Crippen LogP contribution in [0.1, 0.15) is 87.5 Å². The van der Waals surface area contributed by atoms with Crippen molar-refractivity contribution < 1.29 is 14.0 Å². The third kappa shape index (κ3) is 7.55. The minimum absolute atomic E-state index is 0.0364. The molecule has 0 saturated carbocycles. The highest BCUT2D eigenvalue weighted by Crippen LogP contribution is 2.47. The molecule has 0 aliphatic heterocycles. The maximum Gasteiger partial charge on any atom is 0.193 e. The van der Waals surface area contributed by atoms with Crippen LogP contribution in [-0.4, -0.2) is 26.8 Å². The van der Waals surface area contributed by atoms with E-state index in [2.05, 4.69) is 73.9 Å². The Balaban J connectivity index is 3.65. The molecule has 0 radical (unpaired) electrons. The van der Waals surface area contributed by atoms with E-state index in [0.29, 0.717) is 6.61 Å². The highest BCUT2D eigenvalue weighted by molar-refractivity contribution is 6.74. The van der Waals surface area contributed by atoms with E-state index in [1.165, 1.54) is 5.57 Å². The lowest BCUT2D eigenvalue weighted by molar-refractivity contribution is -0.129. The molecule has 0 aromatic rings. The van der Waals surface area contributed by atoms with Crippen LogP contribution in [0.5, 0.6) is 0 Å². The minimum Gasteiger partial charge on any atom is -0.498 e. The summed E-state index contributed by atoms with van der Waals surface area (Å²) in [4.78, 5) is 14.3. The van der Waals surface area contributed by atoms with Crippen molar-refractivity contribution >= 4 is 14.1 Å². The average molecular weight is 475 g/mol. The normalized spacial score (nSPS) is 23.5. The van der Waals surface area contributed by atoms with Crippen molar-refractivity contribution in [3.8, 4) is 0 Å². The van der Waals surface area contributed by atoms with Crippen molar-refractivity contribution in [2.24, 2.45) is 11.3 Å². The van der Waals surface area contributed by atoms with Crippen molar-refractivity contribution in [3.05, 3.63) is 47.8 Å². The molecule has 0 bridgehead atoms. The largest absolute Gasteiger partial charge is 0.498 e. The van der Waals surface area contributed by atoms with Crippen LogP contribution in [-0.2, 0) is 14.0 Å². The van der Waals surface area contributed by atoms with E-state index in [4.69, 9.17) is 9.16 Å². The van der Waals surface area contributed by atoms with Crippen molar-refractivity contribution in [3.63, 3.8) is 0 Å². The fraction of sp³-hybridized carbons (Fsp3) is 0.690. The van der Waals surface area contributed by atoms with E-state index in [1.807, 2.05) is 19.9 Å². The van der Waals surface area contributed by atoms with Crippen LogP contribution in [0.3, 0.4) is 0 Å². The monoisotopic (exact) mass is 474 g/mol. The third-order valence-corrected chi connectivity index (χ3v) is 12.2. The second-order valence-corrected chi connectivity index (χ2v) is 16.5. The lowest BCUT2D eigenvalue weighted by atomic mass is 9.63. The molecule has 0 aromatic carbocycles. The lowest BCUT2D eigenvalue weighted by Crippen LogP contribution is -2.48. The molecule has 0 N–H and O–H groups in total. The fourth-order valence-electron chi connectivity index (χ4n) is 4.05. The SMILES string of the molecule is C=CCC/C(C)=C/C(O[Si](C)(C)C(C)(C)C)C1=C(OCC)C[C@@H](C)[C@@](C)(CCC(=C)C)C1=O. The van der Waals surface area contributed by atoms with Crippen LogP contribution >= 0.6 is 0 Å². The van der Waals surface area contributed by atoms with E-state index in [1.54, 1.807) is 0 Å². The maximum atomic E-state index is 14.3. The first kappa shape index (κ1) is 29.6. The topological polar surface area (TPSA) is 35.5 Å². The van der Waals surface area contributed by atoms with E-state index < -0.39 is 13.7 Å². The first-order valence-electron chi connectivity index (χ1n) is 12.6. The Morgan fingerprint density at radius 3 is 2.36 bits per heavy atom. The summed E-state index contributed by atoms with van der Waals surface area (Å²) in [6.07, 6.45) is 7.96. The van der Waals surface area contributed by atoms with Crippen LogP contribution in [0.25, 0.3) is 0 Å². The lowest BCUT2D eigenvalue weighted by Gasteiger charge is -2.44. The second kappa shape index (κ2) is 11.8. The number of carbonyl (C=O) groups is 1. The van der Waals surface area contributed by atoms with E-state index in [-0.39, 0.29) is 22.8 Å². The first-order valence-corrected chi connectivity index (χ1v) is 15.5. The van der Waals surface area contributed by atoms with Gasteiger partial charge in [0.2, 0.25) is 0 Å². The third-order valence-electron chi connectivity index (χ3n) is 7.72. The Morgan fingerprint density at radius 1 is 1.27 bits per heavy atom. The summed E-state index contributed by atoms with van der Waals surface area (Å²) in [5, 5.41) is 0.0364. The van der Waals surface area contributed by atoms with E-state index in [9.17, 15) is 4.79 Å². The number of hydrogen-bond donors (Lipinski definition) is 0. The molecular weight excluding hydrogens is 424 g/mol. The Labute approximate surface area is 205 Å². The van der Waals surface area contributed by atoms with Gasteiger partial charge in [-0.3, -0.25) is 4.79 Å². The van der Waals surface area contributed by atoms with Crippen molar-refractivity contribution in [1.29, 1.82) is 0 Å². The molecule has 0 saturated heterocycles. The summed E-state index contributed by atoms with van der Waals surface area (Å²) in [5.74, 6) is 1.20. The molecule has 4 heteroatoms. The van der Waals surface area contributed by atoms with Gasteiger partial charge in [0.25, 0.3) is 0 Å². The average Bonchev–Trinajstić information content (AvgIpc) is 2.68. The molecule has 0 amide bonds. The summed E-state index contributed by atoms with van der Waals surface area (Å²) in [6, 6.07) is 0. The maximum absolute atomic E-state index is 14.3. The van der Waals surface area contributed by atoms with Gasteiger partial charge in [0.05, 0.1) is 18.3 Å². The summed E-state index contributed by atoms with van der Waals surface area (Å²) in [5.41, 5.74) is 2.62. The second-order valence-electron chi connectivity index (χ2n) is 11.7. The van der Waals surface area contributed by atoms with E-state index in [0.717, 1.165) is 49.0 Å². The minimum atomic E-state index is -2.15. The molecule has 1 rings (SSSR count). The zero-order valence-electron chi connectivity index (χ0n) is 23.2. The fourth-order valence-corrected chi connectivity index (χ4v) is 5.22. The Kier molecular flexibility index (Phi) is 10.6. The van der Waals surface area contributed by atoms with Crippen LogP contribution in [0.15, 0.2) is 47.8 Å². The molecule has 1 unspecified atom stereocenters. The summed E-state index contributed by atoms with van der Waals surface area (Å²) in [7, 11) is -2.15. The van der Waals surface area contributed by atoms with Gasteiger partial charge in [-0.25, -0.2) is 0 Å². The molecule has 1 aliphatic carbocycles. The van der Waals surface area contributed by atoms with Gasteiger partial charge in [0.15, 0.2) is 14.1 Å². The van der Waals surface area contributed by atoms with Gasteiger partial charge in [-0.2, -0.15) is 0 Å². The molecule has 3 nitrogen and oxygen atoms in total. The summed E-state index contributed by atoms with van der Waals surface area (Å²) in [6.45, 7) is 30.2. The predicted molar refractivity (Wildman–Crippen MR) is 145 cm³/mol. The zero-order chi connectivity index (χ0) is 25.6. The van der Waals surface area contributed by atoms with Gasteiger partial charge < -0.3 is 9.16 Å². The van der Waals surface area contributed by atoms with Crippen molar-refractivity contribution in [2.75, 3.05) is 6.61 Å². The number of hydrogen-bond acceptors (Lipinski definition) is 3. The van der Waals surface area contributed by atoms with Crippen LogP contribution in [0.2, 0.25) is 18.1 Å². The number of ketones is 1. The smallest absolute Gasteiger partial charge is 0.193 e. The summed E-state index contributed by atoms with van der Waals surface area (Å²) >= 11 is 0. The van der Waals surface area contributed by atoms with Crippen molar-refractivity contribution in [2.45, 2.75) is 112 Å². The number of Topliss-reactive ketones (excluding diaryl/α,β-unsaturated/α-hetero) is 1. The Hall–Kier alpha value is -1.39. The number of carbonyl (C=O) groups excluding carboxylic acids is 1. The molecular formula is C29H50O3Si. The van der Waals surface area contributed by atoms with Gasteiger partial charge in [-0.1, -0.05) is 57.9 Å². The van der Waals surface area contributed by atoms with E-state index >= 15 is 0 Å². The molecule has 188 valence electrons. The molecule has 0 aromatic heterocycles. The predicted octanol–water partition coefficient (Wildman–Crippen LogP) is 8.55. The molecule has 33 heavy (non-hydrogen) atoms. The van der Waals surface area contributed by atoms with Crippen molar-refractivity contribution in [1.82, 2.24) is 0 Å². The molecule has 0 fully saturated rings. The molecule has 0 heterocycles. The van der Waals surface area contributed by atoms with Gasteiger partial charge >= 0.3 is 0 Å². The number of rotatable bonds is 12. The molecule has 3 atom stereocenters. The number of ether oxygens (including phenoxy) is 1. The van der Waals surface area contributed by atoms with Gasteiger partial charge in [0, 0.05) is 11.8 Å². The Bertz CT molecular complexity index is 781. The molecule has 1 aliphatic rings. The van der Waals surface area contributed by atoms with Crippen LogP contribution < -0.4 is 0 Å². The Morgan fingerprint density at radius 2 is 1.88 bits per heavy atom. The molecule has 0 spiro atoms. The standard InChI is InChI=1S/C29H50O3Si/c1-13-15-16-22(5)19-25(32-33(11,12)28(7,8)9)26-24(31-14-2)20-23(6)29(10,27(26)30)18-17-21(3)4/h13,19,23,25H,1,3,14-18,20H2,2,4-12H3/b22-19+/t23-,25?,29-/m1/s1. The van der Waals surface area contributed by atoms with Crippen LogP contribution in [0.4, 0.5) is 0 Å². The van der Waals surface area contributed by atoms with Crippen LogP contribution in [0, 0.1) is 11.3 Å². The summed E-state index contributed by atoms with van der Waals surface area (Å²) < 4.78 is 13.1. The van der Waals surface area contributed by atoms with Gasteiger partial charge in [-0.05, 0) is 70.5 Å². The number of allylic oxidation sites excluding steroid dienone is 4. The highest BCUT2D eigenvalue weighted by atomic mass is 28.4. The zero-order valence-corrected chi connectivity index (χ0v) is 24.2. The first-order chi connectivity index (χ1) is 15.1. The quantitative estimate of drug-likeness (QED) is 0.210. The van der Waals surface area contributed by atoms with Gasteiger partial charge in [-0.15, -0.1) is 13.2 Å². The van der Waals surface area contributed by atoms with Gasteiger partial charge in [0.1, 0.15) is 5.76 Å².